The quantitative estimate of drug-likeness (QED) is 0.840. The summed E-state index contributed by atoms with van der Waals surface area (Å²) in [6.45, 7) is 1.23. The van der Waals surface area contributed by atoms with Crippen molar-refractivity contribution in [3.8, 4) is 5.75 Å². The molecule has 0 aliphatic heterocycles. The molecule has 0 aromatic heterocycles. The summed E-state index contributed by atoms with van der Waals surface area (Å²) in [6, 6.07) is 5.75. The summed E-state index contributed by atoms with van der Waals surface area (Å²) in [5.74, 6) is 0.835. The summed E-state index contributed by atoms with van der Waals surface area (Å²) >= 11 is 3.41. The van der Waals surface area contributed by atoms with Crippen LogP contribution in [0.5, 0.6) is 5.75 Å². The van der Waals surface area contributed by atoms with Gasteiger partial charge in [-0.05, 0) is 40.7 Å². The number of hydrogen-bond acceptors (Lipinski definition) is 3. The van der Waals surface area contributed by atoms with Crippen molar-refractivity contribution >= 4 is 21.8 Å². The van der Waals surface area contributed by atoms with Crippen molar-refractivity contribution < 1.29 is 9.53 Å². The lowest BCUT2D eigenvalue weighted by Gasteiger charge is -2.08. The van der Waals surface area contributed by atoms with Crippen LogP contribution in [-0.4, -0.2) is 26.6 Å². The highest BCUT2D eigenvalue weighted by molar-refractivity contribution is 9.10. The van der Waals surface area contributed by atoms with Crippen molar-refractivity contribution in [2.24, 2.45) is 0 Å². The van der Waals surface area contributed by atoms with Crippen molar-refractivity contribution in [3.05, 3.63) is 28.2 Å². The zero-order valence-electron chi connectivity index (χ0n) is 10.0. The lowest BCUT2D eigenvalue weighted by Crippen LogP contribution is -2.26. The van der Waals surface area contributed by atoms with E-state index in [1.54, 1.807) is 7.11 Å². The van der Waals surface area contributed by atoms with E-state index >= 15 is 0 Å². The fourth-order valence-corrected chi connectivity index (χ4v) is 1.94. The zero-order chi connectivity index (χ0) is 12.7. The minimum absolute atomic E-state index is 0.0475. The van der Waals surface area contributed by atoms with Gasteiger partial charge >= 0.3 is 0 Å². The smallest absolute Gasteiger partial charge is 0.221 e. The molecule has 5 heteroatoms. The average molecular weight is 301 g/mol. The van der Waals surface area contributed by atoms with Gasteiger partial charge in [0.15, 0.2) is 0 Å². The number of carbonyl (C=O) groups is 1. The number of rotatable bonds is 6. The van der Waals surface area contributed by atoms with Gasteiger partial charge in [0.25, 0.3) is 0 Å². The van der Waals surface area contributed by atoms with Crippen molar-refractivity contribution in [2.45, 2.75) is 13.0 Å². The van der Waals surface area contributed by atoms with E-state index in [2.05, 4.69) is 26.6 Å². The van der Waals surface area contributed by atoms with Gasteiger partial charge < -0.3 is 15.4 Å². The molecule has 0 radical (unpaired) electrons. The summed E-state index contributed by atoms with van der Waals surface area (Å²) < 4.78 is 6.03. The highest BCUT2D eigenvalue weighted by atomic mass is 79.9. The molecule has 0 aliphatic rings. The Bertz CT molecular complexity index is 383. The van der Waals surface area contributed by atoms with Crippen LogP contribution in [0.15, 0.2) is 22.7 Å². The first-order valence-electron chi connectivity index (χ1n) is 5.41. The molecule has 1 aromatic carbocycles. The molecule has 2 N–H and O–H groups in total. The maximum absolute atomic E-state index is 11.4. The van der Waals surface area contributed by atoms with E-state index in [0.717, 1.165) is 15.8 Å². The third-order valence-corrected chi connectivity index (χ3v) is 2.93. The van der Waals surface area contributed by atoms with Gasteiger partial charge in [0, 0.05) is 19.5 Å². The first kappa shape index (κ1) is 14.0. The molecule has 0 heterocycles. The molecule has 0 unspecified atom stereocenters. The molecule has 94 valence electrons. The summed E-state index contributed by atoms with van der Waals surface area (Å²) in [5, 5.41) is 5.79. The number of carbonyl (C=O) groups excluding carboxylic acids is 1. The van der Waals surface area contributed by atoms with Crippen LogP contribution in [0.25, 0.3) is 0 Å². The second-order valence-corrected chi connectivity index (χ2v) is 4.45. The second kappa shape index (κ2) is 7.29. The Morgan fingerprint density at radius 2 is 2.24 bits per heavy atom. The number of amides is 1. The fourth-order valence-electron chi connectivity index (χ4n) is 1.35. The molecule has 0 saturated carbocycles. The molecular weight excluding hydrogens is 284 g/mol. The highest BCUT2D eigenvalue weighted by Gasteiger charge is 2.03. The number of ether oxygens (including phenoxy) is 1. The lowest BCUT2D eigenvalue weighted by molar-refractivity contribution is -0.121. The third kappa shape index (κ3) is 4.75. The summed E-state index contributed by atoms with van der Waals surface area (Å²) in [7, 11) is 3.45. The van der Waals surface area contributed by atoms with Gasteiger partial charge in [-0.3, -0.25) is 4.79 Å². The predicted molar refractivity (Wildman–Crippen MR) is 71.1 cm³/mol. The van der Waals surface area contributed by atoms with Gasteiger partial charge in [0.05, 0.1) is 11.6 Å². The molecule has 0 fully saturated rings. The monoisotopic (exact) mass is 300 g/mol. The number of halogens is 1. The van der Waals surface area contributed by atoms with E-state index in [4.69, 9.17) is 4.74 Å². The van der Waals surface area contributed by atoms with E-state index in [1.807, 2.05) is 25.2 Å². The van der Waals surface area contributed by atoms with Crippen molar-refractivity contribution in [1.29, 1.82) is 0 Å². The molecule has 0 atom stereocenters. The zero-order valence-corrected chi connectivity index (χ0v) is 11.6. The fraction of sp³-hybridized carbons (Fsp3) is 0.417. The van der Waals surface area contributed by atoms with Crippen LogP contribution >= 0.6 is 15.9 Å². The predicted octanol–water partition coefficient (Wildman–Crippen LogP) is 1.68. The topological polar surface area (TPSA) is 50.4 Å². The Labute approximate surface area is 110 Å². The summed E-state index contributed by atoms with van der Waals surface area (Å²) in [4.78, 5) is 11.4. The van der Waals surface area contributed by atoms with Crippen LogP contribution in [0.1, 0.15) is 12.0 Å². The van der Waals surface area contributed by atoms with Crippen LogP contribution in [-0.2, 0) is 11.3 Å². The molecule has 1 rings (SSSR count). The Hall–Kier alpha value is -1.07. The first-order valence-corrected chi connectivity index (χ1v) is 6.20. The van der Waals surface area contributed by atoms with E-state index in [9.17, 15) is 4.79 Å². The maximum Gasteiger partial charge on any atom is 0.221 e. The lowest BCUT2D eigenvalue weighted by atomic mass is 10.2. The van der Waals surface area contributed by atoms with Gasteiger partial charge in [-0.25, -0.2) is 0 Å². The molecule has 1 amide bonds. The Kier molecular flexibility index (Phi) is 6.00. The standard InChI is InChI=1S/C12H17BrN2O2/c1-14-6-5-12(16)15-8-9-3-4-11(17-2)10(13)7-9/h3-4,7,14H,5-6,8H2,1-2H3,(H,15,16). The van der Waals surface area contributed by atoms with Gasteiger partial charge in [0.2, 0.25) is 5.91 Å². The van der Waals surface area contributed by atoms with E-state index in [1.165, 1.54) is 0 Å². The van der Waals surface area contributed by atoms with Crippen LogP contribution in [0, 0.1) is 0 Å². The number of benzene rings is 1. The minimum atomic E-state index is 0.0475. The highest BCUT2D eigenvalue weighted by Crippen LogP contribution is 2.25. The van der Waals surface area contributed by atoms with Gasteiger partial charge in [-0.15, -0.1) is 0 Å². The SMILES string of the molecule is CNCCC(=O)NCc1ccc(OC)c(Br)c1. The first-order chi connectivity index (χ1) is 8.17. The second-order valence-electron chi connectivity index (χ2n) is 3.60. The third-order valence-electron chi connectivity index (χ3n) is 2.31. The molecule has 0 bridgehead atoms. The van der Waals surface area contributed by atoms with Crippen LogP contribution < -0.4 is 15.4 Å². The molecule has 17 heavy (non-hydrogen) atoms. The normalized spacial score (nSPS) is 10.1. The van der Waals surface area contributed by atoms with Crippen LogP contribution in [0.4, 0.5) is 0 Å². The summed E-state index contributed by atoms with van der Waals surface area (Å²) in [6.07, 6.45) is 0.494. The van der Waals surface area contributed by atoms with E-state index < -0.39 is 0 Å². The van der Waals surface area contributed by atoms with E-state index in [0.29, 0.717) is 19.5 Å². The molecule has 1 aromatic rings. The van der Waals surface area contributed by atoms with Gasteiger partial charge in [-0.2, -0.15) is 0 Å². The largest absolute Gasteiger partial charge is 0.496 e. The number of nitrogens with one attached hydrogen (secondary N) is 2. The van der Waals surface area contributed by atoms with Gasteiger partial charge in [0.1, 0.15) is 5.75 Å². The number of hydrogen-bond donors (Lipinski definition) is 2. The van der Waals surface area contributed by atoms with Crippen molar-refractivity contribution in [3.63, 3.8) is 0 Å². The minimum Gasteiger partial charge on any atom is -0.496 e. The maximum atomic E-state index is 11.4. The van der Waals surface area contributed by atoms with Gasteiger partial charge in [-0.1, -0.05) is 6.07 Å². The summed E-state index contributed by atoms with van der Waals surface area (Å²) in [5.41, 5.74) is 1.04. The number of methoxy groups -OCH3 is 1. The molecule has 0 saturated heterocycles. The Morgan fingerprint density at radius 1 is 1.47 bits per heavy atom. The van der Waals surface area contributed by atoms with E-state index in [-0.39, 0.29) is 5.91 Å². The Morgan fingerprint density at radius 3 is 2.82 bits per heavy atom. The van der Waals surface area contributed by atoms with Crippen LogP contribution in [0.2, 0.25) is 0 Å². The average Bonchev–Trinajstić information content (AvgIpc) is 2.34. The molecule has 0 spiro atoms. The molecule has 0 aliphatic carbocycles. The Balaban J connectivity index is 2.47. The van der Waals surface area contributed by atoms with Crippen molar-refractivity contribution in [2.75, 3.05) is 20.7 Å². The molecular formula is C12H17BrN2O2. The van der Waals surface area contributed by atoms with Crippen LogP contribution in [0.3, 0.4) is 0 Å². The van der Waals surface area contributed by atoms with Crippen molar-refractivity contribution in [1.82, 2.24) is 10.6 Å². The molecule has 4 nitrogen and oxygen atoms in total.